The second-order valence-electron chi connectivity index (χ2n) is 18.3. The van der Waals surface area contributed by atoms with E-state index in [0.29, 0.717) is 69.2 Å². The van der Waals surface area contributed by atoms with E-state index in [1.54, 1.807) is 45.0 Å². The standard InChI is InChI=1S/C43H58F2N6O9S/c1-7-28(4)50(39(55)56)34-27(3)22-26(2)12-8-9-13-29-23-42(29,38(54)48-61(57,58)40(5)16-17-40)47-35(52)32-24-41(6,43(44,45)51(32)37(34)53)60-36-31-15-11-10-14-30(31)33(25-46-36)49-18-20-59-21-19-49/h9-11,13-15,25-29,32,34H,7-8,12,16-24H2,1-6H3,(H,47,52)(H,48,54)(H,55,56)/b13-9-/t26-,27-,28?,29-,32+,34+,41-,42-/m1/s1. The molecule has 0 bridgehead atoms. The van der Waals surface area contributed by atoms with Crippen LogP contribution in [0.4, 0.5) is 19.3 Å². The van der Waals surface area contributed by atoms with Crippen molar-refractivity contribution in [1.29, 1.82) is 0 Å². The van der Waals surface area contributed by atoms with Gasteiger partial charge in [0.2, 0.25) is 21.8 Å². The van der Waals surface area contributed by atoms with Crippen molar-refractivity contribution in [3.8, 4) is 5.88 Å². The topological polar surface area (TPSA) is 188 Å². The summed E-state index contributed by atoms with van der Waals surface area (Å²) in [7, 11) is -4.16. The minimum absolute atomic E-state index is 0.0143. The summed E-state index contributed by atoms with van der Waals surface area (Å²) in [5.74, 6) is -5.13. The van der Waals surface area contributed by atoms with Gasteiger partial charge >= 0.3 is 12.1 Å². The largest absolute Gasteiger partial charge is 0.465 e. The third-order valence-corrected chi connectivity index (χ3v) is 15.9. The number of carboxylic acid groups (broad SMARTS) is 1. The number of rotatable bonds is 9. The first kappa shape index (κ1) is 44.5. The number of alkyl halides is 2. The van der Waals surface area contributed by atoms with Crippen LogP contribution in [-0.4, -0.2) is 118 Å². The molecule has 4 heterocycles. The lowest BCUT2D eigenvalue weighted by atomic mass is 9.86. The van der Waals surface area contributed by atoms with Gasteiger partial charge in [-0.2, -0.15) is 8.78 Å². The predicted octanol–water partition coefficient (Wildman–Crippen LogP) is 5.44. The van der Waals surface area contributed by atoms with Crippen molar-refractivity contribution >= 4 is 50.3 Å². The molecule has 1 aromatic carbocycles. The number of pyridine rings is 1. The van der Waals surface area contributed by atoms with E-state index in [-0.39, 0.29) is 29.5 Å². The first-order valence-corrected chi connectivity index (χ1v) is 22.9. The van der Waals surface area contributed by atoms with Crippen LogP contribution < -0.4 is 19.7 Å². The van der Waals surface area contributed by atoms with Crippen molar-refractivity contribution in [3.05, 3.63) is 42.6 Å². The zero-order valence-corrected chi connectivity index (χ0v) is 36.5. The third kappa shape index (κ3) is 8.02. The number of hydrogen-bond donors (Lipinski definition) is 3. The van der Waals surface area contributed by atoms with Crippen LogP contribution in [-0.2, 0) is 29.1 Å². The number of fused-ring (bicyclic) bond motifs is 3. The fraction of sp³-hybridized carbons (Fsp3) is 0.651. The Balaban J connectivity index is 1.33. The van der Waals surface area contributed by atoms with Gasteiger partial charge in [0, 0.05) is 42.2 Å². The SMILES string of the molecule is CCC(C)N(C(=O)O)[C@@H]1C(=O)N2[C@@H](C[C@@](C)(Oc3ncc(N4CCOCC4)c4ccccc34)C2(F)F)C(=O)N[C@]2(C(=O)NS(=O)(=O)C3(C)CC3)C[C@H]2/C=C\CC[C@@H](C)C[C@H]1C. The van der Waals surface area contributed by atoms with Gasteiger partial charge in [0.1, 0.15) is 17.6 Å². The van der Waals surface area contributed by atoms with E-state index in [9.17, 15) is 27.9 Å². The van der Waals surface area contributed by atoms with Crippen molar-refractivity contribution in [2.45, 2.75) is 133 Å². The molecular formula is C43H58F2N6O9S. The number of ether oxygens (including phenoxy) is 2. The highest BCUT2D eigenvalue weighted by Gasteiger charge is 2.71. The lowest BCUT2D eigenvalue weighted by molar-refractivity contribution is -0.219. The highest BCUT2D eigenvalue weighted by atomic mass is 32.2. The number of allylic oxidation sites excluding steroid dienone is 1. The monoisotopic (exact) mass is 872 g/mol. The summed E-state index contributed by atoms with van der Waals surface area (Å²) in [5.41, 5.74) is -3.71. The molecule has 3 aliphatic heterocycles. The number of nitrogens with zero attached hydrogens (tertiary/aromatic N) is 4. The normalized spacial score (nSPS) is 32.3. The molecule has 3 N–H and O–H groups in total. The van der Waals surface area contributed by atoms with E-state index in [4.69, 9.17) is 9.47 Å². The van der Waals surface area contributed by atoms with Gasteiger partial charge in [-0.3, -0.25) is 28.9 Å². The number of aromatic nitrogens is 1. The Hall–Kier alpha value is -4.58. The first-order chi connectivity index (χ1) is 28.7. The van der Waals surface area contributed by atoms with Crippen LogP contribution >= 0.6 is 0 Å². The number of anilines is 1. The number of morpholine rings is 1. The smallest absolute Gasteiger partial charge is 0.408 e. The Kier molecular flexibility index (Phi) is 11.9. The van der Waals surface area contributed by atoms with Crippen LogP contribution in [0.15, 0.2) is 42.6 Å². The summed E-state index contributed by atoms with van der Waals surface area (Å²) >= 11 is 0. The second-order valence-corrected chi connectivity index (χ2v) is 20.5. The summed E-state index contributed by atoms with van der Waals surface area (Å²) in [6, 6.07) is -1.64. The van der Waals surface area contributed by atoms with Crippen LogP contribution in [0.1, 0.15) is 92.9 Å². The molecule has 0 radical (unpaired) electrons. The van der Waals surface area contributed by atoms with Crippen LogP contribution in [0.3, 0.4) is 0 Å². The van der Waals surface area contributed by atoms with Crippen LogP contribution in [0, 0.1) is 17.8 Å². The van der Waals surface area contributed by atoms with E-state index < -0.39 is 92.2 Å². The molecule has 2 aliphatic carbocycles. The molecular weight excluding hydrogens is 815 g/mol. The molecule has 5 aliphatic rings. The lowest BCUT2D eigenvalue weighted by Gasteiger charge is -2.42. The molecule has 1 aromatic heterocycles. The van der Waals surface area contributed by atoms with Crippen LogP contribution in [0.5, 0.6) is 5.88 Å². The molecule has 334 valence electrons. The zero-order chi connectivity index (χ0) is 44.3. The zero-order valence-electron chi connectivity index (χ0n) is 35.7. The molecule has 18 heteroatoms. The number of hydrogen-bond acceptors (Lipinski definition) is 10. The highest BCUT2D eigenvalue weighted by Crippen LogP contribution is 2.52. The predicted molar refractivity (Wildman–Crippen MR) is 222 cm³/mol. The van der Waals surface area contributed by atoms with E-state index in [1.807, 2.05) is 19.1 Å². The maximum atomic E-state index is 17.8. The van der Waals surface area contributed by atoms with Crippen molar-refractivity contribution < 1.29 is 51.0 Å². The number of halogens is 2. The quantitative estimate of drug-likeness (QED) is 0.215. The highest BCUT2D eigenvalue weighted by molar-refractivity contribution is 7.91. The van der Waals surface area contributed by atoms with Gasteiger partial charge in [-0.25, -0.2) is 18.2 Å². The molecule has 1 unspecified atom stereocenters. The molecule has 2 aromatic rings. The van der Waals surface area contributed by atoms with Gasteiger partial charge in [0.25, 0.3) is 11.8 Å². The first-order valence-electron chi connectivity index (χ1n) is 21.4. The van der Waals surface area contributed by atoms with Crippen LogP contribution in [0.25, 0.3) is 10.8 Å². The van der Waals surface area contributed by atoms with Crippen molar-refractivity contribution in [2.75, 3.05) is 31.2 Å². The van der Waals surface area contributed by atoms with Crippen molar-refractivity contribution in [2.24, 2.45) is 17.8 Å². The van der Waals surface area contributed by atoms with Crippen molar-refractivity contribution in [1.82, 2.24) is 24.8 Å². The summed E-state index contributed by atoms with van der Waals surface area (Å²) in [4.78, 5) is 64.7. The lowest BCUT2D eigenvalue weighted by Crippen LogP contribution is -2.64. The average Bonchev–Trinajstić information content (AvgIpc) is 4.12. The summed E-state index contributed by atoms with van der Waals surface area (Å²) in [5, 5.41) is 14.3. The molecule has 0 spiro atoms. The van der Waals surface area contributed by atoms with Gasteiger partial charge in [0.15, 0.2) is 5.60 Å². The van der Waals surface area contributed by atoms with E-state index >= 15 is 13.6 Å². The van der Waals surface area contributed by atoms with E-state index in [1.165, 1.54) is 13.1 Å². The van der Waals surface area contributed by atoms with Crippen molar-refractivity contribution in [3.63, 3.8) is 0 Å². The summed E-state index contributed by atoms with van der Waals surface area (Å²) in [6.45, 7) is 11.7. The van der Waals surface area contributed by atoms with Crippen LogP contribution in [0.2, 0.25) is 0 Å². The Morgan fingerprint density at radius 1 is 1.11 bits per heavy atom. The molecule has 2 saturated heterocycles. The Morgan fingerprint density at radius 3 is 2.43 bits per heavy atom. The molecule has 2 saturated carbocycles. The van der Waals surface area contributed by atoms with Gasteiger partial charge in [0.05, 0.1) is 29.8 Å². The van der Waals surface area contributed by atoms with E-state index in [0.717, 1.165) is 17.5 Å². The fourth-order valence-corrected chi connectivity index (χ4v) is 10.6. The Morgan fingerprint density at radius 2 is 1.79 bits per heavy atom. The Bertz CT molecular complexity index is 2200. The molecule has 61 heavy (non-hydrogen) atoms. The maximum absolute atomic E-state index is 17.8. The minimum atomic E-state index is -4.27. The van der Waals surface area contributed by atoms with Gasteiger partial charge in [-0.05, 0) is 83.6 Å². The second kappa shape index (κ2) is 16.3. The van der Waals surface area contributed by atoms with Gasteiger partial charge < -0.3 is 24.8 Å². The van der Waals surface area contributed by atoms with Gasteiger partial charge in [-0.15, -0.1) is 0 Å². The number of carbonyl (C=O) groups excluding carboxylic acids is 3. The van der Waals surface area contributed by atoms with Gasteiger partial charge in [-0.1, -0.05) is 51.1 Å². The fourth-order valence-electron chi connectivity index (χ4n) is 9.29. The molecule has 4 amide bonds. The summed E-state index contributed by atoms with van der Waals surface area (Å²) in [6.07, 6.45) is 5.19. The number of nitrogens with one attached hydrogen (secondary N) is 2. The minimum Gasteiger partial charge on any atom is -0.465 e. The number of benzene rings is 1. The molecule has 15 nitrogen and oxygen atoms in total. The number of amides is 4. The molecule has 4 fully saturated rings. The number of sulfonamides is 1. The maximum Gasteiger partial charge on any atom is 0.408 e. The van der Waals surface area contributed by atoms with E-state index in [2.05, 4.69) is 19.9 Å². The molecule has 7 rings (SSSR count). The number of carbonyl (C=O) groups is 4. The summed E-state index contributed by atoms with van der Waals surface area (Å²) < 4.78 is 75.0. The average molecular weight is 873 g/mol. The molecule has 8 atom stereocenters. The Labute approximate surface area is 355 Å². The third-order valence-electron chi connectivity index (χ3n) is 13.7.